The maximum Gasteiger partial charge on any atom is 0.142 e. The van der Waals surface area contributed by atoms with Crippen molar-refractivity contribution in [2.75, 3.05) is 13.7 Å². The fourth-order valence-corrected chi connectivity index (χ4v) is 1.92. The summed E-state index contributed by atoms with van der Waals surface area (Å²) in [6, 6.07) is 8.45. The highest BCUT2D eigenvalue weighted by molar-refractivity contribution is 5.33. The van der Waals surface area contributed by atoms with Gasteiger partial charge in [-0.15, -0.1) is 0 Å². The van der Waals surface area contributed by atoms with E-state index in [-0.39, 0.29) is 5.72 Å². The Morgan fingerprint density at radius 2 is 2.15 bits per heavy atom. The van der Waals surface area contributed by atoms with Gasteiger partial charge in [-0.3, -0.25) is 5.32 Å². The fraction of sp³-hybridized carbons (Fsp3) is 0.455. The first-order valence-corrected chi connectivity index (χ1v) is 4.65. The van der Waals surface area contributed by atoms with E-state index in [0.717, 1.165) is 13.0 Å². The lowest BCUT2D eigenvalue weighted by Gasteiger charge is -2.35. The van der Waals surface area contributed by atoms with E-state index in [1.54, 1.807) is 7.11 Å². The lowest BCUT2D eigenvalue weighted by molar-refractivity contribution is -0.0334. The van der Waals surface area contributed by atoms with Crippen LogP contribution in [0, 0.1) is 0 Å². The van der Waals surface area contributed by atoms with E-state index in [1.807, 2.05) is 0 Å². The number of hydrogen-bond acceptors (Lipinski definition) is 2. The molecule has 0 aliphatic carbocycles. The highest BCUT2D eigenvalue weighted by Crippen LogP contribution is 2.28. The van der Waals surface area contributed by atoms with Crippen molar-refractivity contribution < 1.29 is 4.74 Å². The molecule has 2 nitrogen and oxygen atoms in total. The third-order valence-corrected chi connectivity index (χ3v) is 2.80. The van der Waals surface area contributed by atoms with Gasteiger partial charge in [-0.1, -0.05) is 24.3 Å². The lowest BCUT2D eigenvalue weighted by Crippen LogP contribution is -2.46. The van der Waals surface area contributed by atoms with Crippen LogP contribution in [-0.4, -0.2) is 13.7 Å². The standard InChI is InChI=1S/C11H15NO/c1-11(13-2)10-6-4-3-5-9(10)7-8-12-11/h3-6,12H,7-8H2,1-2H3. The van der Waals surface area contributed by atoms with Gasteiger partial charge in [0.05, 0.1) is 0 Å². The van der Waals surface area contributed by atoms with Crippen molar-refractivity contribution in [2.45, 2.75) is 19.1 Å². The van der Waals surface area contributed by atoms with Crippen molar-refractivity contribution in [3.8, 4) is 0 Å². The second-order valence-electron chi connectivity index (χ2n) is 3.57. The average molecular weight is 177 g/mol. The normalized spacial score (nSPS) is 26.9. The number of fused-ring (bicyclic) bond motifs is 1. The Bertz CT molecular complexity index is 311. The summed E-state index contributed by atoms with van der Waals surface area (Å²) in [4.78, 5) is 0. The minimum atomic E-state index is -0.297. The Kier molecular flexibility index (Phi) is 2.10. The molecule has 0 radical (unpaired) electrons. The molecule has 2 heteroatoms. The molecule has 0 spiro atoms. The smallest absolute Gasteiger partial charge is 0.142 e. The van der Waals surface area contributed by atoms with Crippen molar-refractivity contribution in [2.24, 2.45) is 0 Å². The predicted molar refractivity (Wildman–Crippen MR) is 52.5 cm³/mol. The summed E-state index contributed by atoms with van der Waals surface area (Å²) in [5, 5.41) is 3.38. The van der Waals surface area contributed by atoms with Gasteiger partial charge in [-0.2, -0.15) is 0 Å². The van der Waals surface area contributed by atoms with E-state index in [4.69, 9.17) is 4.74 Å². The van der Waals surface area contributed by atoms with Crippen LogP contribution in [0.5, 0.6) is 0 Å². The first-order chi connectivity index (χ1) is 6.26. The van der Waals surface area contributed by atoms with Gasteiger partial charge in [0.2, 0.25) is 0 Å². The van der Waals surface area contributed by atoms with Gasteiger partial charge in [0.1, 0.15) is 5.72 Å². The van der Waals surface area contributed by atoms with Gasteiger partial charge in [0, 0.05) is 19.2 Å². The molecule has 1 aromatic rings. The van der Waals surface area contributed by atoms with Crippen LogP contribution in [0.3, 0.4) is 0 Å². The summed E-state index contributed by atoms with van der Waals surface area (Å²) in [5.74, 6) is 0. The summed E-state index contributed by atoms with van der Waals surface area (Å²) in [6.45, 7) is 3.06. The second-order valence-corrected chi connectivity index (χ2v) is 3.57. The minimum Gasteiger partial charge on any atom is -0.360 e. The molecule has 1 aliphatic heterocycles. The van der Waals surface area contributed by atoms with Crippen LogP contribution in [-0.2, 0) is 16.9 Å². The Hall–Kier alpha value is -0.860. The van der Waals surface area contributed by atoms with Crippen LogP contribution in [0.1, 0.15) is 18.1 Å². The molecule has 0 bridgehead atoms. The zero-order chi connectivity index (χ0) is 9.31. The molecule has 1 aromatic carbocycles. The quantitative estimate of drug-likeness (QED) is 0.704. The molecular formula is C11H15NO. The summed E-state index contributed by atoms with van der Waals surface area (Å²) < 4.78 is 5.49. The van der Waals surface area contributed by atoms with E-state index in [9.17, 15) is 0 Å². The lowest BCUT2D eigenvalue weighted by atomic mass is 9.92. The maximum absolute atomic E-state index is 5.49. The van der Waals surface area contributed by atoms with E-state index in [1.165, 1.54) is 11.1 Å². The molecule has 13 heavy (non-hydrogen) atoms. The molecule has 0 saturated carbocycles. The van der Waals surface area contributed by atoms with Gasteiger partial charge >= 0.3 is 0 Å². The maximum atomic E-state index is 5.49. The van der Waals surface area contributed by atoms with Gasteiger partial charge in [-0.05, 0) is 18.9 Å². The molecule has 1 aliphatic rings. The highest BCUT2D eigenvalue weighted by atomic mass is 16.5. The predicted octanol–water partition coefficient (Wildman–Crippen LogP) is 1.65. The largest absolute Gasteiger partial charge is 0.360 e. The van der Waals surface area contributed by atoms with Gasteiger partial charge < -0.3 is 4.74 Å². The van der Waals surface area contributed by atoms with Crippen LogP contribution in [0.2, 0.25) is 0 Å². The van der Waals surface area contributed by atoms with Crippen LogP contribution < -0.4 is 5.32 Å². The van der Waals surface area contributed by atoms with Gasteiger partial charge in [0.25, 0.3) is 0 Å². The second kappa shape index (κ2) is 3.13. The zero-order valence-corrected chi connectivity index (χ0v) is 8.13. The van der Waals surface area contributed by atoms with Crippen molar-refractivity contribution in [3.05, 3.63) is 35.4 Å². The van der Waals surface area contributed by atoms with Gasteiger partial charge in [-0.25, -0.2) is 0 Å². The number of methoxy groups -OCH3 is 1. The number of nitrogens with one attached hydrogen (secondary N) is 1. The monoisotopic (exact) mass is 177 g/mol. The van der Waals surface area contributed by atoms with Gasteiger partial charge in [0.15, 0.2) is 0 Å². The van der Waals surface area contributed by atoms with Crippen molar-refractivity contribution in [3.63, 3.8) is 0 Å². The molecule has 0 fully saturated rings. The summed E-state index contributed by atoms with van der Waals surface area (Å²) in [7, 11) is 1.75. The number of benzene rings is 1. The molecular weight excluding hydrogens is 162 g/mol. The third kappa shape index (κ3) is 1.36. The van der Waals surface area contributed by atoms with Crippen LogP contribution in [0.4, 0.5) is 0 Å². The Labute approximate surface area is 78.9 Å². The molecule has 0 amide bonds. The zero-order valence-electron chi connectivity index (χ0n) is 8.13. The number of ether oxygens (including phenoxy) is 1. The van der Waals surface area contributed by atoms with E-state index in [2.05, 4.69) is 36.5 Å². The molecule has 0 saturated heterocycles. The Morgan fingerprint density at radius 1 is 1.38 bits per heavy atom. The summed E-state index contributed by atoms with van der Waals surface area (Å²) in [5.41, 5.74) is 2.36. The fourth-order valence-electron chi connectivity index (χ4n) is 1.92. The van der Waals surface area contributed by atoms with E-state index < -0.39 is 0 Å². The van der Waals surface area contributed by atoms with Crippen molar-refractivity contribution >= 4 is 0 Å². The number of hydrogen-bond donors (Lipinski definition) is 1. The molecule has 1 unspecified atom stereocenters. The topological polar surface area (TPSA) is 21.3 Å². The van der Waals surface area contributed by atoms with E-state index >= 15 is 0 Å². The first-order valence-electron chi connectivity index (χ1n) is 4.65. The van der Waals surface area contributed by atoms with Crippen molar-refractivity contribution in [1.82, 2.24) is 5.32 Å². The first kappa shape index (κ1) is 8.73. The molecule has 1 N–H and O–H groups in total. The Balaban J connectivity index is 2.48. The van der Waals surface area contributed by atoms with Crippen molar-refractivity contribution in [1.29, 1.82) is 0 Å². The molecule has 2 rings (SSSR count). The Morgan fingerprint density at radius 3 is 2.92 bits per heavy atom. The van der Waals surface area contributed by atoms with Crippen LogP contribution >= 0.6 is 0 Å². The third-order valence-electron chi connectivity index (χ3n) is 2.80. The molecule has 1 heterocycles. The molecule has 70 valence electrons. The highest BCUT2D eigenvalue weighted by Gasteiger charge is 2.30. The van der Waals surface area contributed by atoms with Crippen LogP contribution in [0.25, 0.3) is 0 Å². The summed E-state index contributed by atoms with van der Waals surface area (Å²) >= 11 is 0. The van der Waals surface area contributed by atoms with E-state index in [0.29, 0.717) is 0 Å². The number of rotatable bonds is 1. The molecule has 0 aromatic heterocycles. The minimum absolute atomic E-state index is 0.297. The van der Waals surface area contributed by atoms with Crippen LogP contribution in [0.15, 0.2) is 24.3 Å². The summed E-state index contributed by atoms with van der Waals surface area (Å²) in [6.07, 6.45) is 1.09. The molecule has 1 atom stereocenters. The SMILES string of the molecule is COC1(C)NCCc2ccccc21. The average Bonchev–Trinajstić information content (AvgIpc) is 2.19.